The normalized spacial score (nSPS) is 11.8. The summed E-state index contributed by atoms with van der Waals surface area (Å²) >= 11 is 0. The average Bonchev–Trinajstić information content (AvgIpc) is 3.60. The first-order chi connectivity index (χ1) is 25.8. The summed E-state index contributed by atoms with van der Waals surface area (Å²) in [6, 6.07) is 68.1. The van der Waals surface area contributed by atoms with E-state index >= 15 is 0 Å². The van der Waals surface area contributed by atoms with Gasteiger partial charge >= 0.3 is 0 Å². The van der Waals surface area contributed by atoms with Gasteiger partial charge in [0, 0.05) is 33.1 Å². The molecule has 0 amide bonds. The Balaban J connectivity index is 1.16. The number of anilines is 3. The Bertz CT molecular complexity index is 3150. The lowest BCUT2D eigenvalue weighted by Crippen LogP contribution is -2.10. The van der Waals surface area contributed by atoms with Gasteiger partial charge in [-0.2, -0.15) is 0 Å². The summed E-state index contributed by atoms with van der Waals surface area (Å²) < 4.78 is 6.44. The lowest BCUT2D eigenvalue weighted by molar-refractivity contribution is 0.670. The Morgan fingerprint density at radius 3 is 1.67 bits per heavy atom. The zero-order valence-electron chi connectivity index (χ0n) is 28.3. The van der Waals surface area contributed by atoms with Crippen LogP contribution in [-0.2, 0) is 0 Å². The van der Waals surface area contributed by atoms with Crippen LogP contribution in [0.1, 0.15) is 0 Å². The molecule has 10 aromatic carbocycles. The van der Waals surface area contributed by atoms with E-state index < -0.39 is 0 Å². The maximum absolute atomic E-state index is 6.44. The lowest BCUT2D eigenvalue weighted by atomic mass is 9.93. The largest absolute Gasteiger partial charge is 0.455 e. The summed E-state index contributed by atoms with van der Waals surface area (Å²) in [6.45, 7) is 0. The average molecular weight is 662 g/mol. The van der Waals surface area contributed by atoms with E-state index in [0.717, 1.165) is 50.1 Å². The topological polar surface area (TPSA) is 16.4 Å². The second-order valence-corrected chi connectivity index (χ2v) is 13.6. The first-order valence-corrected chi connectivity index (χ1v) is 17.8. The summed E-state index contributed by atoms with van der Waals surface area (Å²) in [6.07, 6.45) is 0. The highest BCUT2D eigenvalue weighted by Gasteiger charge is 2.20. The predicted molar refractivity (Wildman–Crippen MR) is 221 cm³/mol. The predicted octanol–water partition coefficient (Wildman–Crippen LogP) is 14.5. The quantitative estimate of drug-likeness (QED) is 0.175. The highest BCUT2D eigenvalue weighted by Crippen LogP contribution is 2.45. The summed E-state index contributed by atoms with van der Waals surface area (Å²) in [5.74, 6) is 0. The van der Waals surface area contributed by atoms with Gasteiger partial charge in [-0.05, 0) is 90.4 Å². The number of nitrogens with zero attached hydrogens (tertiary/aromatic N) is 1. The maximum atomic E-state index is 6.44. The third-order valence-corrected chi connectivity index (χ3v) is 10.8. The SMILES string of the molecule is c1ccc2c(c1)ccc1cccc(N(c3ccc(-c4cccc5c4oc4ccccc45)cc3)c3ccc4c5ccccc5c5ccccc5c4c3)c12. The second-order valence-electron chi connectivity index (χ2n) is 13.6. The van der Waals surface area contributed by atoms with Crippen LogP contribution < -0.4 is 4.90 Å². The molecule has 0 saturated carbocycles. The van der Waals surface area contributed by atoms with E-state index in [9.17, 15) is 0 Å². The number of para-hydroxylation sites is 2. The monoisotopic (exact) mass is 661 g/mol. The van der Waals surface area contributed by atoms with Crippen molar-refractivity contribution in [1.82, 2.24) is 0 Å². The van der Waals surface area contributed by atoms with Crippen LogP contribution in [0.4, 0.5) is 17.1 Å². The van der Waals surface area contributed by atoms with Crippen LogP contribution in [0.15, 0.2) is 192 Å². The highest BCUT2D eigenvalue weighted by atomic mass is 16.3. The van der Waals surface area contributed by atoms with Crippen molar-refractivity contribution in [2.24, 2.45) is 0 Å². The van der Waals surface area contributed by atoms with Crippen molar-refractivity contribution in [2.45, 2.75) is 0 Å². The molecule has 0 radical (unpaired) electrons. The van der Waals surface area contributed by atoms with Crippen LogP contribution in [0.3, 0.4) is 0 Å². The first-order valence-electron chi connectivity index (χ1n) is 17.8. The van der Waals surface area contributed by atoms with Gasteiger partial charge in [-0.1, -0.05) is 152 Å². The third kappa shape index (κ3) is 4.31. The number of rotatable bonds is 4. The molecule has 0 aliphatic heterocycles. The minimum atomic E-state index is 0.910. The molecule has 242 valence electrons. The van der Waals surface area contributed by atoms with Gasteiger partial charge in [0.05, 0.1) is 5.69 Å². The van der Waals surface area contributed by atoms with Crippen molar-refractivity contribution in [2.75, 3.05) is 4.90 Å². The molecule has 0 aliphatic carbocycles. The standard InChI is InChI=1S/C50H31NO/c1-2-13-37-32(11-1)23-24-34-12-9-21-47(49(34)37)51(36-29-30-43-41-16-4-3-14-39(41)40-15-5-6-17-42(40)46(43)31-36)35-27-25-33(26-28-35)38-19-10-20-45-44-18-7-8-22-48(44)52-50(38)45/h1-31H. The lowest BCUT2D eigenvalue weighted by Gasteiger charge is -2.28. The molecule has 0 N–H and O–H groups in total. The van der Waals surface area contributed by atoms with Crippen LogP contribution in [0, 0.1) is 0 Å². The summed E-state index contributed by atoms with van der Waals surface area (Å²) in [7, 11) is 0. The van der Waals surface area contributed by atoms with Gasteiger partial charge in [0.2, 0.25) is 0 Å². The molecular weight excluding hydrogens is 631 g/mol. The molecule has 1 heterocycles. The molecule has 0 spiro atoms. The van der Waals surface area contributed by atoms with Gasteiger partial charge in [0.15, 0.2) is 0 Å². The van der Waals surface area contributed by atoms with E-state index in [1.54, 1.807) is 0 Å². The molecule has 0 fully saturated rings. The molecule has 0 atom stereocenters. The van der Waals surface area contributed by atoms with Crippen LogP contribution in [0.25, 0.3) is 86.9 Å². The smallest absolute Gasteiger partial charge is 0.143 e. The Morgan fingerprint density at radius 2 is 0.904 bits per heavy atom. The maximum Gasteiger partial charge on any atom is 0.143 e. The van der Waals surface area contributed by atoms with Crippen LogP contribution in [0.5, 0.6) is 0 Å². The highest BCUT2D eigenvalue weighted by molar-refractivity contribution is 6.26. The van der Waals surface area contributed by atoms with Crippen molar-refractivity contribution in [3.05, 3.63) is 188 Å². The van der Waals surface area contributed by atoms with Crippen molar-refractivity contribution in [1.29, 1.82) is 0 Å². The van der Waals surface area contributed by atoms with E-state index in [0.29, 0.717) is 0 Å². The van der Waals surface area contributed by atoms with Crippen molar-refractivity contribution in [3.8, 4) is 11.1 Å². The zero-order chi connectivity index (χ0) is 34.2. The van der Waals surface area contributed by atoms with Crippen LogP contribution in [-0.4, -0.2) is 0 Å². The fourth-order valence-electron chi connectivity index (χ4n) is 8.45. The number of hydrogen-bond donors (Lipinski definition) is 0. The van der Waals surface area contributed by atoms with Crippen molar-refractivity contribution in [3.63, 3.8) is 0 Å². The zero-order valence-corrected chi connectivity index (χ0v) is 28.3. The fraction of sp³-hybridized carbons (Fsp3) is 0. The number of fused-ring (bicyclic) bond motifs is 12. The molecule has 52 heavy (non-hydrogen) atoms. The van der Waals surface area contributed by atoms with Gasteiger partial charge in [-0.25, -0.2) is 0 Å². The number of furan rings is 1. The van der Waals surface area contributed by atoms with E-state index in [2.05, 4.69) is 181 Å². The molecular formula is C50H31NO. The van der Waals surface area contributed by atoms with Gasteiger partial charge in [0.25, 0.3) is 0 Å². The van der Waals surface area contributed by atoms with Crippen molar-refractivity contribution >= 4 is 92.9 Å². The summed E-state index contributed by atoms with van der Waals surface area (Å²) in [5, 5.41) is 14.8. The summed E-state index contributed by atoms with van der Waals surface area (Å²) in [5.41, 5.74) is 7.38. The van der Waals surface area contributed by atoms with E-state index in [4.69, 9.17) is 4.42 Å². The molecule has 0 aliphatic rings. The molecule has 2 heteroatoms. The van der Waals surface area contributed by atoms with Gasteiger partial charge in [-0.3, -0.25) is 0 Å². The Hall–Kier alpha value is -6.90. The molecule has 0 bridgehead atoms. The third-order valence-electron chi connectivity index (χ3n) is 10.8. The van der Waals surface area contributed by atoms with Gasteiger partial charge in [0.1, 0.15) is 11.2 Å². The molecule has 1 aromatic heterocycles. The fourth-order valence-corrected chi connectivity index (χ4v) is 8.45. The molecule has 11 rings (SSSR count). The Morgan fingerprint density at radius 1 is 0.346 bits per heavy atom. The molecule has 2 nitrogen and oxygen atoms in total. The molecule has 0 saturated heterocycles. The number of benzene rings is 10. The van der Waals surface area contributed by atoms with E-state index in [-0.39, 0.29) is 0 Å². The van der Waals surface area contributed by atoms with Gasteiger partial charge < -0.3 is 9.32 Å². The van der Waals surface area contributed by atoms with Crippen LogP contribution >= 0.6 is 0 Å². The first kappa shape index (κ1) is 28.9. The molecule has 11 aromatic rings. The second kappa shape index (κ2) is 11.3. The minimum Gasteiger partial charge on any atom is -0.455 e. The van der Waals surface area contributed by atoms with Gasteiger partial charge in [-0.15, -0.1) is 0 Å². The molecule has 0 unspecified atom stereocenters. The Kier molecular flexibility index (Phi) is 6.28. The Labute approximate surface area is 300 Å². The van der Waals surface area contributed by atoms with E-state index in [1.165, 1.54) is 53.9 Å². The van der Waals surface area contributed by atoms with E-state index in [1.807, 2.05) is 12.1 Å². The van der Waals surface area contributed by atoms with Crippen molar-refractivity contribution < 1.29 is 4.42 Å². The van der Waals surface area contributed by atoms with Crippen LogP contribution in [0.2, 0.25) is 0 Å². The summed E-state index contributed by atoms with van der Waals surface area (Å²) in [4.78, 5) is 2.43. The number of hydrogen-bond acceptors (Lipinski definition) is 2. The minimum absolute atomic E-state index is 0.910.